The number of nitriles is 1. The number of hydrogen-bond acceptors (Lipinski definition) is 1. The van der Waals surface area contributed by atoms with Gasteiger partial charge in [0.05, 0.1) is 17.0 Å². The summed E-state index contributed by atoms with van der Waals surface area (Å²) >= 11 is 3.23. The predicted molar refractivity (Wildman–Crippen MR) is 56.6 cm³/mol. The first-order valence-corrected chi connectivity index (χ1v) is 4.95. The van der Waals surface area contributed by atoms with Crippen molar-refractivity contribution in [1.82, 2.24) is 0 Å². The smallest absolute Gasteiger partial charge is 0.0992 e. The molecular weight excluding hydrogens is 226 g/mol. The van der Waals surface area contributed by atoms with Gasteiger partial charge < -0.3 is 0 Å². The van der Waals surface area contributed by atoms with Crippen molar-refractivity contribution in [1.29, 1.82) is 5.26 Å². The summed E-state index contributed by atoms with van der Waals surface area (Å²) < 4.78 is 0. The van der Waals surface area contributed by atoms with Crippen LogP contribution in [0.5, 0.6) is 0 Å². The van der Waals surface area contributed by atoms with Crippen LogP contribution in [-0.2, 0) is 0 Å². The Morgan fingerprint density at radius 3 is 2.85 bits per heavy atom. The first-order chi connectivity index (χ1) is 6.27. The van der Waals surface area contributed by atoms with Crippen molar-refractivity contribution < 1.29 is 0 Å². The van der Waals surface area contributed by atoms with Gasteiger partial charge in [0.25, 0.3) is 0 Å². The predicted octanol–water partition coefficient (Wildman–Crippen LogP) is 2.61. The van der Waals surface area contributed by atoms with Crippen LogP contribution in [0.2, 0.25) is 0 Å². The molecule has 0 atom stereocenters. The van der Waals surface area contributed by atoms with E-state index in [4.69, 9.17) is 5.26 Å². The number of benzene rings is 1. The van der Waals surface area contributed by atoms with Gasteiger partial charge >= 0.3 is 0 Å². The van der Waals surface area contributed by atoms with E-state index in [1.807, 2.05) is 19.1 Å². The number of aryl methyl sites for hydroxylation is 1. The molecule has 0 aliphatic carbocycles. The minimum absolute atomic E-state index is 0.656. The van der Waals surface area contributed by atoms with Gasteiger partial charge in [0.2, 0.25) is 0 Å². The lowest BCUT2D eigenvalue weighted by molar-refractivity contribution is 1.40. The fraction of sp³-hybridized carbons (Fsp3) is 0.182. The van der Waals surface area contributed by atoms with E-state index in [1.54, 1.807) is 6.07 Å². The minimum Gasteiger partial charge on any atom is -0.192 e. The quantitative estimate of drug-likeness (QED) is 0.500. The Kier molecular flexibility index (Phi) is 3.55. The molecule has 0 aliphatic heterocycles. The molecule has 1 aromatic rings. The Morgan fingerprint density at radius 1 is 1.46 bits per heavy atom. The summed E-state index contributed by atoms with van der Waals surface area (Å²) in [5, 5.41) is 9.33. The van der Waals surface area contributed by atoms with Crippen molar-refractivity contribution >= 4 is 15.9 Å². The molecule has 0 N–H and O–H groups in total. The second kappa shape index (κ2) is 4.70. The number of halogens is 1. The van der Waals surface area contributed by atoms with Crippen LogP contribution >= 0.6 is 15.9 Å². The molecule has 0 fully saturated rings. The van der Waals surface area contributed by atoms with Crippen LogP contribution in [-0.4, -0.2) is 5.33 Å². The Labute approximate surface area is 86.5 Å². The molecule has 0 aliphatic rings. The van der Waals surface area contributed by atoms with Crippen molar-refractivity contribution in [2.45, 2.75) is 6.92 Å². The summed E-state index contributed by atoms with van der Waals surface area (Å²) in [4.78, 5) is 0. The third-order valence-electron chi connectivity index (χ3n) is 1.66. The Bertz CT molecular complexity index is 404. The molecule has 13 heavy (non-hydrogen) atoms. The standard InChI is InChI=1S/C11H8BrN/c1-9-4-5-10(8-13)7-11(9)3-2-6-12/h4-5,7H,6H2,1H3. The molecule has 1 nitrogen and oxygen atoms in total. The van der Waals surface area contributed by atoms with E-state index >= 15 is 0 Å². The molecule has 0 bridgehead atoms. The molecule has 1 aromatic carbocycles. The molecular formula is C11H8BrN. The number of hydrogen-bond donors (Lipinski definition) is 0. The first kappa shape index (κ1) is 9.84. The second-order valence-corrected chi connectivity index (χ2v) is 3.14. The van der Waals surface area contributed by atoms with Crippen LogP contribution in [0.1, 0.15) is 16.7 Å². The van der Waals surface area contributed by atoms with E-state index < -0.39 is 0 Å². The Morgan fingerprint density at radius 2 is 2.23 bits per heavy atom. The maximum Gasteiger partial charge on any atom is 0.0992 e. The molecule has 64 valence electrons. The molecule has 0 spiro atoms. The van der Waals surface area contributed by atoms with Crippen LogP contribution in [0.15, 0.2) is 18.2 Å². The van der Waals surface area contributed by atoms with Gasteiger partial charge in [-0.05, 0) is 24.6 Å². The molecule has 0 aromatic heterocycles. The van der Waals surface area contributed by atoms with Gasteiger partial charge in [-0.1, -0.05) is 33.8 Å². The third-order valence-corrected chi connectivity index (χ3v) is 1.94. The summed E-state index contributed by atoms with van der Waals surface area (Å²) in [5.74, 6) is 5.90. The third kappa shape index (κ3) is 2.61. The zero-order valence-electron chi connectivity index (χ0n) is 7.26. The summed E-state index contributed by atoms with van der Waals surface area (Å²) in [6, 6.07) is 7.62. The highest BCUT2D eigenvalue weighted by Crippen LogP contribution is 2.08. The van der Waals surface area contributed by atoms with Gasteiger partial charge in [-0.25, -0.2) is 0 Å². The molecule has 0 saturated carbocycles. The van der Waals surface area contributed by atoms with Crippen molar-refractivity contribution in [3.8, 4) is 17.9 Å². The summed E-state index contributed by atoms with van der Waals surface area (Å²) in [6.45, 7) is 1.99. The lowest BCUT2D eigenvalue weighted by Crippen LogP contribution is -1.84. The minimum atomic E-state index is 0.656. The SMILES string of the molecule is Cc1ccc(C#N)cc1C#CCBr. The first-order valence-electron chi connectivity index (χ1n) is 3.83. The monoisotopic (exact) mass is 233 g/mol. The highest BCUT2D eigenvalue weighted by Gasteiger charge is 1.95. The van der Waals surface area contributed by atoms with E-state index in [2.05, 4.69) is 33.8 Å². The topological polar surface area (TPSA) is 23.8 Å². The average molecular weight is 234 g/mol. The fourth-order valence-corrected chi connectivity index (χ4v) is 1.10. The lowest BCUT2D eigenvalue weighted by Gasteiger charge is -1.96. The van der Waals surface area contributed by atoms with Crippen LogP contribution < -0.4 is 0 Å². The molecule has 0 saturated heterocycles. The maximum atomic E-state index is 8.67. The Balaban J connectivity index is 3.13. The number of nitrogens with zero attached hydrogens (tertiary/aromatic N) is 1. The second-order valence-electron chi connectivity index (χ2n) is 2.58. The molecule has 0 amide bonds. The van der Waals surface area contributed by atoms with Gasteiger partial charge in [-0.2, -0.15) is 5.26 Å². The summed E-state index contributed by atoms with van der Waals surface area (Å²) in [5.41, 5.74) is 2.69. The van der Waals surface area contributed by atoms with Crippen molar-refractivity contribution in [2.75, 3.05) is 5.33 Å². The zero-order valence-corrected chi connectivity index (χ0v) is 8.85. The van der Waals surface area contributed by atoms with Crippen LogP contribution in [0.3, 0.4) is 0 Å². The molecule has 1 rings (SSSR count). The van der Waals surface area contributed by atoms with Crippen LogP contribution in [0.25, 0.3) is 0 Å². The Hall–Kier alpha value is -1.25. The van der Waals surface area contributed by atoms with E-state index in [-0.39, 0.29) is 0 Å². The normalized spacial score (nSPS) is 8.38. The average Bonchev–Trinajstić information content (AvgIpc) is 2.17. The zero-order chi connectivity index (χ0) is 9.68. The largest absolute Gasteiger partial charge is 0.192 e. The van der Waals surface area contributed by atoms with Crippen LogP contribution in [0, 0.1) is 30.1 Å². The van der Waals surface area contributed by atoms with Gasteiger partial charge in [0, 0.05) is 5.56 Å². The van der Waals surface area contributed by atoms with Gasteiger partial charge in [-0.15, -0.1) is 0 Å². The molecule has 0 heterocycles. The van der Waals surface area contributed by atoms with E-state index in [0.717, 1.165) is 11.1 Å². The number of alkyl halides is 1. The van der Waals surface area contributed by atoms with E-state index in [1.165, 1.54) is 0 Å². The lowest BCUT2D eigenvalue weighted by atomic mass is 10.1. The highest BCUT2D eigenvalue weighted by atomic mass is 79.9. The van der Waals surface area contributed by atoms with Crippen molar-refractivity contribution in [3.05, 3.63) is 34.9 Å². The molecule has 0 radical (unpaired) electrons. The van der Waals surface area contributed by atoms with Crippen molar-refractivity contribution in [2.24, 2.45) is 0 Å². The fourth-order valence-electron chi connectivity index (χ4n) is 0.955. The van der Waals surface area contributed by atoms with E-state index in [9.17, 15) is 0 Å². The highest BCUT2D eigenvalue weighted by molar-refractivity contribution is 9.09. The van der Waals surface area contributed by atoms with Gasteiger partial charge in [-0.3, -0.25) is 0 Å². The van der Waals surface area contributed by atoms with Gasteiger partial charge in [0.15, 0.2) is 0 Å². The maximum absolute atomic E-state index is 8.67. The molecule has 0 unspecified atom stereocenters. The van der Waals surface area contributed by atoms with Crippen molar-refractivity contribution in [3.63, 3.8) is 0 Å². The van der Waals surface area contributed by atoms with E-state index in [0.29, 0.717) is 10.9 Å². The summed E-state index contributed by atoms with van der Waals surface area (Å²) in [6.07, 6.45) is 0. The molecule has 2 heteroatoms. The number of rotatable bonds is 0. The summed E-state index contributed by atoms with van der Waals surface area (Å²) in [7, 11) is 0. The van der Waals surface area contributed by atoms with Crippen LogP contribution in [0.4, 0.5) is 0 Å². The van der Waals surface area contributed by atoms with Gasteiger partial charge in [0.1, 0.15) is 0 Å².